The quantitative estimate of drug-likeness (QED) is 0.677. The van der Waals surface area contributed by atoms with E-state index >= 15 is 0 Å². The number of benzene rings is 1. The number of aryl methyl sites for hydroxylation is 1. The summed E-state index contributed by atoms with van der Waals surface area (Å²) in [5, 5.41) is 3.66. The van der Waals surface area contributed by atoms with Crippen LogP contribution in [0.2, 0.25) is 0 Å². The minimum absolute atomic E-state index is 0.178. The molecule has 0 bridgehead atoms. The van der Waals surface area contributed by atoms with E-state index in [1.54, 1.807) is 18.2 Å². The lowest BCUT2D eigenvalue weighted by molar-refractivity contribution is 0.567. The molecule has 0 saturated heterocycles. The third kappa shape index (κ3) is 2.98. The zero-order chi connectivity index (χ0) is 13.0. The van der Waals surface area contributed by atoms with Crippen LogP contribution in [0.25, 0.3) is 0 Å². The Hall–Kier alpha value is -2.08. The van der Waals surface area contributed by atoms with Gasteiger partial charge >= 0.3 is 0 Å². The lowest BCUT2D eigenvalue weighted by Gasteiger charge is -2.02. The fourth-order valence-corrected chi connectivity index (χ4v) is 2.08. The van der Waals surface area contributed by atoms with Crippen molar-refractivity contribution in [2.75, 3.05) is 0 Å². The van der Waals surface area contributed by atoms with Crippen molar-refractivity contribution in [3.63, 3.8) is 0 Å². The van der Waals surface area contributed by atoms with E-state index in [2.05, 4.69) is 9.93 Å². The summed E-state index contributed by atoms with van der Waals surface area (Å²) in [5.74, 6) is 0. The highest BCUT2D eigenvalue weighted by molar-refractivity contribution is 7.89. The van der Waals surface area contributed by atoms with Crippen molar-refractivity contribution in [3.05, 3.63) is 54.0 Å². The summed E-state index contributed by atoms with van der Waals surface area (Å²) in [6, 6.07) is 8.20. The minimum Gasteiger partial charge on any atom is -0.472 e. The number of nitrogens with one attached hydrogen (secondary N) is 1. The molecule has 0 unspecified atom stereocenters. The molecule has 2 rings (SSSR count). The van der Waals surface area contributed by atoms with Gasteiger partial charge in [0.05, 0.1) is 23.6 Å². The van der Waals surface area contributed by atoms with Crippen molar-refractivity contribution in [3.8, 4) is 0 Å². The zero-order valence-corrected chi connectivity index (χ0v) is 10.5. The molecule has 0 spiro atoms. The van der Waals surface area contributed by atoms with Crippen molar-refractivity contribution in [1.82, 2.24) is 4.83 Å². The second kappa shape index (κ2) is 5.05. The number of sulfonamides is 1. The van der Waals surface area contributed by atoms with Gasteiger partial charge in [-0.3, -0.25) is 0 Å². The molecule has 18 heavy (non-hydrogen) atoms. The maximum Gasteiger partial charge on any atom is 0.276 e. The molecule has 0 aliphatic carbocycles. The second-order valence-corrected chi connectivity index (χ2v) is 5.38. The highest BCUT2D eigenvalue weighted by Crippen LogP contribution is 2.09. The van der Waals surface area contributed by atoms with Crippen LogP contribution in [-0.4, -0.2) is 14.6 Å². The molecule has 1 aromatic heterocycles. The van der Waals surface area contributed by atoms with E-state index in [4.69, 9.17) is 4.42 Å². The maximum atomic E-state index is 11.8. The van der Waals surface area contributed by atoms with Gasteiger partial charge in [0.25, 0.3) is 10.0 Å². The highest BCUT2D eigenvalue weighted by Gasteiger charge is 2.11. The standard InChI is InChI=1S/C12H12N2O3S/c1-10-2-4-12(5-3-10)18(15,16)14-13-8-11-6-7-17-9-11/h2-9,14H,1H3. The molecule has 94 valence electrons. The van der Waals surface area contributed by atoms with E-state index in [1.165, 1.54) is 30.9 Å². The molecule has 1 aromatic carbocycles. The molecule has 0 atom stereocenters. The van der Waals surface area contributed by atoms with E-state index in [0.29, 0.717) is 5.56 Å². The average molecular weight is 264 g/mol. The van der Waals surface area contributed by atoms with Gasteiger partial charge in [0, 0.05) is 5.56 Å². The highest BCUT2D eigenvalue weighted by atomic mass is 32.2. The van der Waals surface area contributed by atoms with Crippen molar-refractivity contribution in [2.24, 2.45) is 5.10 Å². The van der Waals surface area contributed by atoms with Gasteiger partial charge < -0.3 is 4.42 Å². The van der Waals surface area contributed by atoms with E-state index < -0.39 is 10.0 Å². The van der Waals surface area contributed by atoms with E-state index in [-0.39, 0.29) is 4.90 Å². The van der Waals surface area contributed by atoms with Gasteiger partial charge in [-0.2, -0.15) is 13.5 Å². The lowest BCUT2D eigenvalue weighted by Crippen LogP contribution is -2.18. The second-order valence-electron chi connectivity index (χ2n) is 3.72. The molecule has 1 N–H and O–H groups in total. The van der Waals surface area contributed by atoms with Crippen molar-refractivity contribution >= 4 is 16.2 Å². The Labute approximate surface area is 105 Å². The molecular weight excluding hydrogens is 252 g/mol. The van der Waals surface area contributed by atoms with Crippen molar-refractivity contribution in [1.29, 1.82) is 0 Å². The molecule has 6 heteroatoms. The molecule has 0 radical (unpaired) electrons. The first-order valence-corrected chi connectivity index (χ1v) is 6.70. The number of hydrogen-bond donors (Lipinski definition) is 1. The van der Waals surface area contributed by atoms with Gasteiger partial charge in [-0.25, -0.2) is 4.83 Å². The van der Waals surface area contributed by atoms with E-state index in [0.717, 1.165) is 5.56 Å². The Morgan fingerprint density at radius 3 is 2.56 bits per heavy atom. The summed E-state index contributed by atoms with van der Waals surface area (Å²) in [7, 11) is -3.61. The fraction of sp³-hybridized carbons (Fsp3) is 0.0833. The molecule has 2 aromatic rings. The smallest absolute Gasteiger partial charge is 0.276 e. The van der Waals surface area contributed by atoms with Crippen LogP contribution in [0.5, 0.6) is 0 Å². The Bertz CT molecular complexity index is 628. The van der Waals surface area contributed by atoms with Gasteiger partial charge in [-0.05, 0) is 25.1 Å². The molecule has 0 fully saturated rings. The summed E-state index contributed by atoms with van der Waals surface area (Å²) in [5.41, 5.74) is 1.68. The number of nitrogens with zero attached hydrogens (tertiary/aromatic N) is 1. The normalized spacial score (nSPS) is 11.8. The summed E-state index contributed by atoms with van der Waals surface area (Å²) < 4.78 is 28.5. The number of hydrogen-bond acceptors (Lipinski definition) is 4. The van der Waals surface area contributed by atoms with Crippen LogP contribution in [0.1, 0.15) is 11.1 Å². The van der Waals surface area contributed by atoms with Gasteiger partial charge in [0.1, 0.15) is 0 Å². The third-order valence-corrected chi connectivity index (χ3v) is 3.50. The number of furan rings is 1. The SMILES string of the molecule is Cc1ccc(S(=O)(=O)NN=Cc2ccoc2)cc1. The van der Waals surface area contributed by atoms with Crippen LogP contribution in [-0.2, 0) is 10.0 Å². The molecule has 0 aliphatic rings. The Kier molecular flexibility index (Phi) is 3.47. The molecule has 1 heterocycles. The zero-order valence-electron chi connectivity index (χ0n) is 9.70. The van der Waals surface area contributed by atoms with Gasteiger partial charge in [0.15, 0.2) is 0 Å². The monoisotopic (exact) mass is 264 g/mol. The maximum absolute atomic E-state index is 11.8. The Balaban J connectivity index is 2.10. The van der Waals surface area contributed by atoms with Crippen LogP contribution < -0.4 is 4.83 Å². The van der Waals surface area contributed by atoms with Crippen LogP contribution in [0.3, 0.4) is 0 Å². The van der Waals surface area contributed by atoms with Crippen molar-refractivity contribution < 1.29 is 12.8 Å². The summed E-state index contributed by atoms with van der Waals surface area (Å²) in [6.45, 7) is 1.89. The number of hydrazone groups is 1. The number of rotatable bonds is 4. The van der Waals surface area contributed by atoms with Gasteiger partial charge in [-0.15, -0.1) is 0 Å². The molecule has 5 nitrogen and oxygen atoms in total. The van der Waals surface area contributed by atoms with Crippen LogP contribution in [0, 0.1) is 6.92 Å². The first-order chi connectivity index (χ1) is 8.58. The van der Waals surface area contributed by atoms with Crippen molar-refractivity contribution in [2.45, 2.75) is 11.8 Å². The lowest BCUT2D eigenvalue weighted by atomic mass is 10.2. The summed E-state index contributed by atoms with van der Waals surface area (Å²) >= 11 is 0. The molecule has 0 saturated carbocycles. The summed E-state index contributed by atoms with van der Waals surface area (Å²) in [6.07, 6.45) is 4.31. The molecule has 0 aliphatic heterocycles. The summed E-state index contributed by atoms with van der Waals surface area (Å²) in [4.78, 5) is 2.31. The molecular formula is C12H12N2O3S. The van der Waals surface area contributed by atoms with Gasteiger partial charge in [-0.1, -0.05) is 17.7 Å². The van der Waals surface area contributed by atoms with E-state index in [1.807, 2.05) is 6.92 Å². The minimum atomic E-state index is -3.61. The first kappa shape index (κ1) is 12.4. The van der Waals surface area contributed by atoms with E-state index in [9.17, 15) is 8.42 Å². The topological polar surface area (TPSA) is 71.7 Å². The first-order valence-electron chi connectivity index (χ1n) is 5.22. The Morgan fingerprint density at radius 2 is 1.94 bits per heavy atom. The van der Waals surface area contributed by atoms with Crippen LogP contribution in [0.4, 0.5) is 0 Å². The predicted octanol–water partition coefficient (Wildman–Crippen LogP) is 1.90. The molecule has 0 amide bonds. The third-order valence-electron chi connectivity index (χ3n) is 2.26. The fourth-order valence-electron chi connectivity index (χ4n) is 1.29. The van der Waals surface area contributed by atoms with Crippen LogP contribution in [0.15, 0.2) is 57.3 Å². The largest absolute Gasteiger partial charge is 0.472 e. The average Bonchev–Trinajstić information content (AvgIpc) is 2.82. The Morgan fingerprint density at radius 1 is 1.22 bits per heavy atom. The predicted molar refractivity (Wildman–Crippen MR) is 67.8 cm³/mol. The van der Waals surface area contributed by atoms with Crippen LogP contribution >= 0.6 is 0 Å². The van der Waals surface area contributed by atoms with Gasteiger partial charge in [0.2, 0.25) is 0 Å².